The van der Waals surface area contributed by atoms with Gasteiger partial charge in [-0.3, -0.25) is 9.59 Å². The molecule has 218 valence electrons. The smallest absolute Gasteiger partial charge is 0.162 e. The zero-order chi connectivity index (χ0) is 29.4. The lowest BCUT2D eigenvalue weighted by Gasteiger charge is -2.49. The van der Waals surface area contributed by atoms with Crippen molar-refractivity contribution in [2.24, 2.45) is 10.8 Å². The van der Waals surface area contributed by atoms with Crippen LogP contribution in [0.1, 0.15) is 77.3 Å². The monoisotopic (exact) mass is 557 g/mol. The normalized spacial score (nSPS) is 20.2. The highest BCUT2D eigenvalue weighted by Crippen LogP contribution is 2.54. The standard InChI is InChI=1S/C35H43NO5/c1-7-40-30-17-24(13-14-29(30)41-22-23-11-9-8-10-12-23)31-32-25(18-34(2,3)20-27(32)37)36(15-16-39-6)26-19-35(4,5)21-28(38)33(26)31/h8-14,17,31H,7,15-16,18-22H2,1-6H3. The van der Waals surface area contributed by atoms with Gasteiger partial charge >= 0.3 is 0 Å². The topological polar surface area (TPSA) is 65.1 Å². The van der Waals surface area contributed by atoms with Gasteiger partial charge < -0.3 is 19.1 Å². The van der Waals surface area contributed by atoms with Gasteiger partial charge in [0.05, 0.1) is 13.2 Å². The van der Waals surface area contributed by atoms with Gasteiger partial charge in [0.2, 0.25) is 0 Å². The molecule has 0 bridgehead atoms. The maximum atomic E-state index is 14.0. The molecule has 0 saturated heterocycles. The fourth-order valence-electron chi connectivity index (χ4n) is 6.66. The Morgan fingerprint density at radius 1 is 0.805 bits per heavy atom. The maximum Gasteiger partial charge on any atom is 0.162 e. The first-order valence-corrected chi connectivity index (χ1v) is 14.8. The number of benzene rings is 2. The van der Waals surface area contributed by atoms with Gasteiger partial charge in [-0.1, -0.05) is 64.1 Å². The van der Waals surface area contributed by atoms with Crippen molar-refractivity contribution in [1.82, 2.24) is 4.90 Å². The predicted molar refractivity (Wildman–Crippen MR) is 160 cm³/mol. The van der Waals surface area contributed by atoms with Crippen LogP contribution in [-0.2, 0) is 20.9 Å². The van der Waals surface area contributed by atoms with Gasteiger partial charge in [0.1, 0.15) is 6.61 Å². The van der Waals surface area contributed by atoms with E-state index in [0.29, 0.717) is 50.7 Å². The molecule has 5 rings (SSSR count). The quantitative estimate of drug-likeness (QED) is 0.331. The minimum absolute atomic E-state index is 0.121. The Morgan fingerprint density at radius 3 is 1.98 bits per heavy atom. The zero-order valence-electron chi connectivity index (χ0n) is 25.3. The number of ether oxygens (including phenoxy) is 3. The van der Waals surface area contributed by atoms with Crippen LogP contribution in [-0.4, -0.2) is 43.3 Å². The second-order valence-electron chi connectivity index (χ2n) is 13.1. The number of hydrogen-bond acceptors (Lipinski definition) is 6. The van der Waals surface area contributed by atoms with Gasteiger partial charge in [-0.25, -0.2) is 0 Å². The van der Waals surface area contributed by atoms with Crippen LogP contribution in [0.5, 0.6) is 11.5 Å². The minimum Gasteiger partial charge on any atom is -0.490 e. The molecule has 0 unspecified atom stereocenters. The molecule has 0 spiro atoms. The Bertz CT molecular complexity index is 1330. The largest absolute Gasteiger partial charge is 0.490 e. The molecule has 2 aromatic carbocycles. The molecule has 3 aliphatic rings. The molecule has 1 heterocycles. The van der Waals surface area contributed by atoms with Gasteiger partial charge in [0.15, 0.2) is 23.1 Å². The highest BCUT2D eigenvalue weighted by molar-refractivity contribution is 6.06. The highest BCUT2D eigenvalue weighted by Gasteiger charge is 2.49. The van der Waals surface area contributed by atoms with E-state index in [1.165, 1.54) is 0 Å². The Labute approximate surface area is 244 Å². The van der Waals surface area contributed by atoms with Crippen molar-refractivity contribution in [3.8, 4) is 11.5 Å². The van der Waals surface area contributed by atoms with Crippen LogP contribution in [0.15, 0.2) is 71.1 Å². The number of Topliss-reactive ketones (excluding diaryl/α,β-unsaturated/α-hetero) is 2. The predicted octanol–water partition coefficient (Wildman–Crippen LogP) is 7.00. The minimum atomic E-state index is -0.423. The molecule has 0 amide bonds. The summed E-state index contributed by atoms with van der Waals surface area (Å²) in [6.07, 6.45) is 2.46. The fraction of sp³-hybridized carbons (Fsp3) is 0.486. The van der Waals surface area contributed by atoms with Crippen LogP contribution in [0.2, 0.25) is 0 Å². The summed E-state index contributed by atoms with van der Waals surface area (Å²) in [6.45, 7) is 12.6. The van der Waals surface area contributed by atoms with Gasteiger partial charge in [0.25, 0.3) is 0 Å². The Kier molecular flexibility index (Phi) is 8.15. The molecule has 0 radical (unpaired) electrons. The van der Waals surface area contributed by atoms with Crippen molar-refractivity contribution in [1.29, 1.82) is 0 Å². The second-order valence-corrected chi connectivity index (χ2v) is 13.1. The van der Waals surface area contributed by atoms with E-state index < -0.39 is 5.92 Å². The van der Waals surface area contributed by atoms with Crippen molar-refractivity contribution in [3.63, 3.8) is 0 Å². The molecule has 0 fully saturated rings. The van der Waals surface area contributed by atoms with E-state index in [-0.39, 0.29) is 22.4 Å². The molecule has 0 N–H and O–H groups in total. The van der Waals surface area contributed by atoms with Crippen LogP contribution in [0.4, 0.5) is 0 Å². The first-order chi connectivity index (χ1) is 19.5. The van der Waals surface area contributed by atoms with E-state index in [2.05, 4.69) is 32.6 Å². The number of ketones is 2. The van der Waals surface area contributed by atoms with E-state index in [9.17, 15) is 9.59 Å². The molecule has 0 aromatic heterocycles. The third-order valence-corrected chi connectivity index (χ3v) is 8.38. The van der Waals surface area contributed by atoms with Gasteiger partial charge in [-0.15, -0.1) is 0 Å². The summed E-state index contributed by atoms with van der Waals surface area (Å²) in [4.78, 5) is 30.2. The Hall–Kier alpha value is -3.38. The van der Waals surface area contributed by atoms with Crippen molar-refractivity contribution in [2.75, 3.05) is 26.9 Å². The number of rotatable bonds is 9. The first-order valence-electron chi connectivity index (χ1n) is 14.8. The molecule has 2 aliphatic carbocycles. The molecular formula is C35H43NO5. The van der Waals surface area contributed by atoms with Crippen molar-refractivity contribution < 1.29 is 23.8 Å². The SMILES string of the molecule is CCOc1cc(C2C3=C(CC(C)(C)CC3=O)N(CCOC)C3=C2C(=O)CC(C)(C)C3)ccc1OCc1ccccc1. The average Bonchev–Trinajstić information content (AvgIpc) is 2.90. The third-order valence-electron chi connectivity index (χ3n) is 8.38. The number of nitrogens with zero attached hydrogens (tertiary/aromatic N) is 1. The summed E-state index contributed by atoms with van der Waals surface area (Å²) in [5, 5.41) is 0. The number of hydrogen-bond donors (Lipinski definition) is 0. The van der Waals surface area contributed by atoms with Crippen molar-refractivity contribution in [3.05, 3.63) is 82.2 Å². The number of methoxy groups -OCH3 is 1. The van der Waals surface area contributed by atoms with Crippen molar-refractivity contribution in [2.45, 2.75) is 72.8 Å². The van der Waals surface area contributed by atoms with E-state index in [4.69, 9.17) is 14.2 Å². The Morgan fingerprint density at radius 2 is 1.41 bits per heavy atom. The second kappa shape index (κ2) is 11.5. The lowest BCUT2D eigenvalue weighted by atomic mass is 9.63. The maximum absolute atomic E-state index is 14.0. The first kappa shape index (κ1) is 29.1. The molecular weight excluding hydrogens is 514 g/mol. The fourth-order valence-corrected chi connectivity index (χ4v) is 6.66. The molecule has 6 heteroatoms. The summed E-state index contributed by atoms with van der Waals surface area (Å²) < 4.78 is 17.8. The molecule has 1 aliphatic heterocycles. The molecule has 41 heavy (non-hydrogen) atoms. The Balaban J connectivity index is 1.64. The van der Waals surface area contributed by atoms with Crippen LogP contribution in [0.25, 0.3) is 0 Å². The summed E-state index contributed by atoms with van der Waals surface area (Å²) in [7, 11) is 1.69. The summed E-state index contributed by atoms with van der Waals surface area (Å²) in [6, 6.07) is 15.9. The van der Waals surface area contributed by atoms with E-state index in [1.807, 2.05) is 55.5 Å². The lowest BCUT2D eigenvalue weighted by Crippen LogP contribution is -2.45. The lowest BCUT2D eigenvalue weighted by molar-refractivity contribution is -0.119. The summed E-state index contributed by atoms with van der Waals surface area (Å²) in [5.41, 5.74) is 5.24. The van der Waals surface area contributed by atoms with E-state index >= 15 is 0 Å². The van der Waals surface area contributed by atoms with Crippen LogP contribution >= 0.6 is 0 Å². The number of allylic oxidation sites excluding steroid dienone is 4. The summed E-state index contributed by atoms with van der Waals surface area (Å²) >= 11 is 0. The molecule has 0 atom stereocenters. The van der Waals surface area contributed by atoms with Crippen molar-refractivity contribution >= 4 is 11.6 Å². The van der Waals surface area contributed by atoms with Crippen LogP contribution in [0, 0.1) is 10.8 Å². The van der Waals surface area contributed by atoms with Gasteiger partial charge in [0, 0.05) is 55.0 Å². The van der Waals surface area contributed by atoms with Crippen LogP contribution < -0.4 is 9.47 Å². The van der Waals surface area contributed by atoms with E-state index in [0.717, 1.165) is 46.5 Å². The molecule has 2 aromatic rings. The van der Waals surface area contributed by atoms with Gasteiger partial charge in [-0.05, 0) is 53.9 Å². The summed E-state index contributed by atoms with van der Waals surface area (Å²) in [5.74, 6) is 1.09. The van der Waals surface area contributed by atoms with Crippen LogP contribution in [0.3, 0.4) is 0 Å². The number of carbonyl (C=O) groups excluding carboxylic acids is 2. The van der Waals surface area contributed by atoms with E-state index in [1.54, 1.807) is 7.11 Å². The van der Waals surface area contributed by atoms with Gasteiger partial charge in [-0.2, -0.15) is 0 Å². The highest BCUT2D eigenvalue weighted by atomic mass is 16.5. The average molecular weight is 558 g/mol. The third kappa shape index (κ3) is 5.99. The zero-order valence-corrected chi connectivity index (χ0v) is 25.3. The number of carbonyl (C=O) groups is 2. The molecule has 6 nitrogen and oxygen atoms in total. The molecule has 0 saturated carbocycles.